The number of benzene rings is 1. The Morgan fingerprint density at radius 1 is 1.29 bits per heavy atom. The third-order valence-electron chi connectivity index (χ3n) is 5.41. The highest BCUT2D eigenvalue weighted by molar-refractivity contribution is 7.89. The molecule has 1 saturated heterocycles. The Morgan fingerprint density at radius 3 is 2.58 bits per heavy atom. The molecule has 0 amide bonds. The Hall–Kier alpha value is -2.46. The van der Waals surface area contributed by atoms with Crippen LogP contribution in [-0.4, -0.2) is 59.5 Å². The molecular formula is C21H29N3O6S. The second-order valence-corrected chi connectivity index (χ2v) is 9.41. The van der Waals surface area contributed by atoms with Crippen molar-refractivity contribution in [2.45, 2.75) is 70.6 Å². The molecule has 31 heavy (non-hydrogen) atoms. The summed E-state index contributed by atoms with van der Waals surface area (Å²) in [5.74, 6) is -0.339. The minimum Gasteiger partial charge on any atom is -0.460 e. The van der Waals surface area contributed by atoms with Crippen LogP contribution in [0.25, 0.3) is 11.0 Å². The first-order chi connectivity index (χ1) is 14.7. The van der Waals surface area contributed by atoms with Gasteiger partial charge in [-0.2, -0.15) is 4.31 Å². The van der Waals surface area contributed by atoms with Gasteiger partial charge in [-0.1, -0.05) is 13.8 Å². The second-order valence-electron chi connectivity index (χ2n) is 7.47. The lowest BCUT2D eigenvalue weighted by Gasteiger charge is -2.18. The molecule has 170 valence electrons. The normalized spacial score (nSPS) is 19.2. The lowest BCUT2D eigenvalue weighted by molar-refractivity contribution is -0.160. The van der Waals surface area contributed by atoms with Crippen LogP contribution in [-0.2, 0) is 42.1 Å². The van der Waals surface area contributed by atoms with Crippen molar-refractivity contribution in [1.29, 1.82) is 0 Å². The van der Waals surface area contributed by atoms with Gasteiger partial charge in [0.05, 0.1) is 22.3 Å². The van der Waals surface area contributed by atoms with E-state index in [1.54, 1.807) is 39.0 Å². The number of imidazole rings is 1. The van der Waals surface area contributed by atoms with Gasteiger partial charge < -0.3 is 14.0 Å². The van der Waals surface area contributed by atoms with E-state index in [-0.39, 0.29) is 17.4 Å². The van der Waals surface area contributed by atoms with Gasteiger partial charge >= 0.3 is 11.9 Å². The average molecular weight is 452 g/mol. The molecule has 2 atom stereocenters. The van der Waals surface area contributed by atoms with Crippen molar-refractivity contribution in [3.05, 3.63) is 24.0 Å². The number of sulfonamides is 1. The number of fused-ring (bicyclic) bond motifs is 1. The van der Waals surface area contributed by atoms with Gasteiger partial charge in [0.15, 0.2) is 0 Å². The standard InChI is InChI=1S/C21H29N3O6S/c1-5-23(6-2)31(27,28)15-8-9-17-16(13-15)22-19(24(17)7-3)10-11-20(25)30-18-12-14(4)29-21(18)26/h8-9,13-14,18H,5-7,10-12H2,1-4H3. The maximum atomic E-state index is 12.8. The number of nitrogens with zero attached hydrogens (tertiary/aromatic N) is 3. The van der Waals surface area contributed by atoms with Crippen molar-refractivity contribution < 1.29 is 27.5 Å². The van der Waals surface area contributed by atoms with Crippen LogP contribution >= 0.6 is 0 Å². The van der Waals surface area contributed by atoms with Crippen LogP contribution in [0.5, 0.6) is 0 Å². The summed E-state index contributed by atoms with van der Waals surface area (Å²) < 4.78 is 39.2. The molecule has 1 aliphatic heterocycles. The minimum absolute atomic E-state index is 0.0616. The van der Waals surface area contributed by atoms with E-state index in [1.807, 2.05) is 11.5 Å². The third kappa shape index (κ3) is 4.74. The molecule has 0 spiro atoms. The molecule has 0 N–H and O–H groups in total. The number of ether oxygens (including phenoxy) is 2. The van der Waals surface area contributed by atoms with Gasteiger partial charge in [0.1, 0.15) is 11.9 Å². The highest BCUT2D eigenvalue weighted by Gasteiger charge is 2.35. The number of aromatic nitrogens is 2. The van der Waals surface area contributed by atoms with Gasteiger partial charge in [-0.15, -0.1) is 0 Å². The number of hydrogen-bond donors (Lipinski definition) is 0. The van der Waals surface area contributed by atoms with Crippen molar-refractivity contribution in [3.63, 3.8) is 0 Å². The summed E-state index contributed by atoms with van der Waals surface area (Å²) in [5.41, 5.74) is 1.37. The number of carbonyl (C=O) groups excluding carboxylic acids is 2. The fourth-order valence-electron chi connectivity index (χ4n) is 3.82. The fraction of sp³-hybridized carbons (Fsp3) is 0.571. The molecule has 1 aromatic heterocycles. The van der Waals surface area contributed by atoms with Gasteiger partial charge in [0.25, 0.3) is 0 Å². The van der Waals surface area contributed by atoms with E-state index < -0.39 is 28.1 Å². The molecule has 2 unspecified atom stereocenters. The zero-order valence-corrected chi connectivity index (χ0v) is 19.1. The zero-order valence-electron chi connectivity index (χ0n) is 18.3. The molecule has 10 heteroatoms. The average Bonchev–Trinajstić information content (AvgIpc) is 3.24. The third-order valence-corrected chi connectivity index (χ3v) is 7.46. The molecule has 0 saturated carbocycles. The topological polar surface area (TPSA) is 108 Å². The number of rotatable bonds is 9. The van der Waals surface area contributed by atoms with Gasteiger partial charge in [0.2, 0.25) is 16.1 Å². The molecule has 1 aliphatic rings. The van der Waals surface area contributed by atoms with Crippen LogP contribution in [0, 0.1) is 0 Å². The number of cyclic esters (lactones) is 1. The molecule has 3 rings (SSSR count). The maximum absolute atomic E-state index is 12.8. The Kier molecular flexibility index (Phi) is 7.00. The zero-order chi connectivity index (χ0) is 22.8. The summed E-state index contributed by atoms with van der Waals surface area (Å²) in [6.45, 7) is 8.71. The Morgan fingerprint density at radius 2 is 2.00 bits per heavy atom. The van der Waals surface area contributed by atoms with Crippen molar-refractivity contribution in [1.82, 2.24) is 13.9 Å². The van der Waals surface area contributed by atoms with E-state index in [0.717, 1.165) is 5.52 Å². The largest absolute Gasteiger partial charge is 0.460 e. The molecule has 0 bridgehead atoms. The predicted molar refractivity (Wildman–Crippen MR) is 114 cm³/mol. The van der Waals surface area contributed by atoms with E-state index in [2.05, 4.69) is 4.98 Å². The quantitative estimate of drug-likeness (QED) is 0.538. The molecular weight excluding hydrogens is 422 g/mol. The number of carbonyl (C=O) groups is 2. The van der Waals surface area contributed by atoms with Crippen LogP contribution in [0.15, 0.2) is 23.1 Å². The molecule has 0 radical (unpaired) electrons. The van der Waals surface area contributed by atoms with Gasteiger partial charge in [-0.3, -0.25) is 4.79 Å². The van der Waals surface area contributed by atoms with E-state index in [0.29, 0.717) is 43.8 Å². The summed E-state index contributed by atoms with van der Waals surface area (Å²) in [6.07, 6.45) is -0.359. The molecule has 2 heterocycles. The number of aryl methyl sites for hydroxylation is 2. The highest BCUT2D eigenvalue weighted by Crippen LogP contribution is 2.24. The number of hydrogen-bond acceptors (Lipinski definition) is 7. The molecule has 1 fully saturated rings. The molecule has 9 nitrogen and oxygen atoms in total. The first-order valence-corrected chi connectivity index (χ1v) is 12.0. The summed E-state index contributed by atoms with van der Waals surface area (Å²) in [5, 5.41) is 0. The summed E-state index contributed by atoms with van der Waals surface area (Å²) in [7, 11) is -3.59. The van der Waals surface area contributed by atoms with Gasteiger partial charge in [-0.25, -0.2) is 18.2 Å². The Bertz CT molecular complexity index is 1070. The SMILES string of the molecule is CCN(CC)S(=O)(=O)c1ccc2c(c1)nc(CCC(=O)OC1CC(C)OC1=O)n2CC. The summed E-state index contributed by atoms with van der Waals surface area (Å²) in [4.78, 5) is 28.6. The molecule has 2 aromatic rings. The lowest BCUT2D eigenvalue weighted by atomic mass is 10.2. The van der Waals surface area contributed by atoms with Crippen LogP contribution in [0.4, 0.5) is 0 Å². The summed E-state index contributed by atoms with van der Waals surface area (Å²) >= 11 is 0. The fourth-order valence-corrected chi connectivity index (χ4v) is 5.30. The van der Waals surface area contributed by atoms with Crippen LogP contribution in [0.1, 0.15) is 46.4 Å². The van der Waals surface area contributed by atoms with E-state index in [4.69, 9.17) is 9.47 Å². The van der Waals surface area contributed by atoms with Crippen molar-refractivity contribution in [3.8, 4) is 0 Å². The van der Waals surface area contributed by atoms with Crippen molar-refractivity contribution in [2.75, 3.05) is 13.1 Å². The first-order valence-electron chi connectivity index (χ1n) is 10.6. The minimum atomic E-state index is -3.59. The highest BCUT2D eigenvalue weighted by atomic mass is 32.2. The van der Waals surface area contributed by atoms with Crippen molar-refractivity contribution in [2.24, 2.45) is 0 Å². The summed E-state index contributed by atoms with van der Waals surface area (Å²) in [6, 6.07) is 4.92. The monoisotopic (exact) mass is 451 g/mol. The molecule has 0 aliphatic carbocycles. The maximum Gasteiger partial charge on any atom is 0.347 e. The van der Waals surface area contributed by atoms with E-state index >= 15 is 0 Å². The Labute approximate surface area is 182 Å². The second kappa shape index (κ2) is 9.35. The van der Waals surface area contributed by atoms with Crippen LogP contribution < -0.4 is 0 Å². The van der Waals surface area contributed by atoms with Crippen molar-refractivity contribution >= 4 is 33.0 Å². The Balaban J connectivity index is 1.78. The predicted octanol–water partition coefficient (Wildman–Crippen LogP) is 2.27. The molecule has 1 aromatic carbocycles. The van der Waals surface area contributed by atoms with E-state index in [9.17, 15) is 18.0 Å². The van der Waals surface area contributed by atoms with Gasteiger partial charge in [0, 0.05) is 32.5 Å². The first kappa shape index (κ1) is 23.2. The van der Waals surface area contributed by atoms with Crippen LogP contribution in [0.2, 0.25) is 0 Å². The van der Waals surface area contributed by atoms with E-state index in [1.165, 1.54) is 4.31 Å². The lowest BCUT2D eigenvalue weighted by Crippen LogP contribution is -2.30. The van der Waals surface area contributed by atoms with Gasteiger partial charge in [-0.05, 0) is 32.0 Å². The number of esters is 2. The van der Waals surface area contributed by atoms with Crippen LogP contribution in [0.3, 0.4) is 0 Å². The smallest absolute Gasteiger partial charge is 0.347 e.